The number of sulfone groups is 1. The van der Waals surface area contributed by atoms with E-state index < -0.39 is 32.1 Å². The summed E-state index contributed by atoms with van der Waals surface area (Å²) in [5.74, 6) is -2.59. The Morgan fingerprint density at radius 1 is 1.09 bits per heavy atom. The number of ketones is 1. The van der Waals surface area contributed by atoms with Gasteiger partial charge in [-0.05, 0) is 24.3 Å². The van der Waals surface area contributed by atoms with Crippen LogP contribution in [0.15, 0.2) is 53.4 Å². The van der Waals surface area contributed by atoms with Gasteiger partial charge in [-0.25, -0.2) is 12.8 Å². The van der Waals surface area contributed by atoms with Gasteiger partial charge in [-0.2, -0.15) is 0 Å². The maximum Gasteiger partial charge on any atom is 0.269 e. The molecular formula is C14H10FNO5S. The van der Waals surface area contributed by atoms with E-state index >= 15 is 0 Å². The number of nitrogens with zero attached hydrogens (tertiary/aromatic N) is 1. The minimum Gasteiger partial charge on any atom is -0.293 e. The third-order valence-electron chi connectivity index (χ3n) is 2.90. The van der Waals surface area contributed by atoms with Gasteiger partial charge < -0.3 is 0 Å². The van der Waals surface area contributed by atoms with E-state index in [0.29, 0.717) is 0 Å². The van der Waals surface area contributed by atoms with E-state index in [-0.39, 0.29) is 16.1 Å². The highest BCUT2D eigenvalue weighted by molar-refractivity contribution is 7.92. The molecule has 0 amide bonds. The molecule has 0 saturated heterocycles. The lowest BCUT2D eigenvalue weighted by Gasteiger charge is -2.05. The number of Topliss-reactive ketones (excluding diaryl/α,β-unsaturated/α-hetero) is 1. The van der Waals surface area contributed by atoms with Gasteiger partial charge in [-0.3, -0.25) is 14.9 Å². The van der Waals surface area contributed by atoms with Crippen molar-refractivity contribution in [3.05, 3.63) is 70.0 Å². The molecule has 2 rings (SSSR count). The summed E-state index contributed by atoms with van der Waals surface area (Å²) in [7, 11) is -4.01. The monoisotopic (exact) mass is 323 g/mol. The van der Waals surface area contributed by atoms with Gasteiger partial charge in [0.25, 0.3) is 5.69 Å². The highest BCUT2D eigenvalue weighted by atomic mass is 32.2. The van der Waals surface area contributed by atoms with Gasteiger partial charge >= 0.3 is 0 Å². The van der Waals surface area contributed by atoms with Crippen LogP contribution in [-0.2, 0) is 9.84 Å². The number of nitro benzene ring substituents is 1. The number of benzene rings is 2. The number of nitro groups is 1. The Morgan fingerprint density at radius 3 is 2.23 bits per heavy atom. The second-order valence-corrected chi connectivity index (χ2v) is 6.40. The zero-order valence-corrected chi connectivity index (χ0v) is 11.9. The van der Waals surface area contributed by atoms with Crippen LogP contribution in [0.1, 0.15) is 10.4 Å². The molecule has 22 heavy (non-hydrogen) atoms. The highest BCUT2D eigenvalue weighted by Gasteiger charge is 2.22. The Balaban J connectivity index is 2.26. The van der Waals surface area contributed by atoms with Gasteiger partial charge in [0.1, 0.15) is 11.6 Å². The molecule has 114 valence electrons. The van der Waals surface area contributed by atoms with Gasteiger partial charge in [0.2, 0.25) is 0 Å². The predicted molar refractivity (Wildman–Crippen MR) is 75.9 cm³/mol. The fraction of sp³-hybridized carbons (Fsp3) is 0.0714. The van der Waals surface area contributed by atoms with Crippen LogP contribution in [-0.4, -0.2) is 24.9 Å². The Kier molecular flexibility index (Phi) is 4.32. The standard InChI is InChI=1S/C14H10FNO5S/c15-13-4-2-1-3-12(13)14(17)9-22(20,21)11-7-5-10(6-8-11)16(18)19/h1-8H,9H2. The normalized spacial score (nSPS) is 11.1. The van der Waals surface area contributed by atoms with Gasteiger partial charge in [-0.1, -0.05) is 12.1 Å². The zero-order valence-electron chi connectivity index (χ0n) is 11.1. The molecule has 0 aliphatic rings. The lowest BCUT2D eigenvalue weighted by Crippen LogP contribution is -2.17. The molecule has 0 spiro atoms. The number of carbonyl (C=O) groups is 1. The number of halogens is 1. The quantitative estimate of drug-likeness (QED) is 0.478. The van der Waals surface area contributed by atoms with Crippen LogP contribution in [0.5, 0.6) is 0 Å². The van der Waals surface area contributed by atoms with E-state index in [9.17, 15) is 27.7 Å². The van der Waals surface area contributed by atoms with Crippen LogP contribution >= 0.6 is 0 Å². The largest absolute Gasteiger partial charge is 0.293 e. The maximum atomic E-state index is 13.5. The predicted octanol–water partition coefficient (Wildman–Crippen LogP) is 2.39. The molecule has 0 aliphatic heterocycles. The lowest BCUT2D eigenvalue weighted by atomic mass is 10.1. The average molecular weight is 323 g/mol. The smallest absolute Gasteiger partial charge is 0.269 e. The van der Waals surface area contributed by atoms with E-state index in [1.807, 2.05) is 0 Å². The van der Waals surface area contributed by atoms with E-state index in [0.717, 1.165) is 30.3 Å². The van der Waals surface area contributed by atoms with Crippen molar-refractivity contribution in [1.29, 1.82) is 0 Å². The van der Waals surface area contributed by atoms with Crippen molar-refractivity contribution < 1.29 is 22.5 Å². The van der Waals surface area contributed by atoms with Gasteiger partial charge in [0.15, 0.2) is 15.6 Å². The number of rotatable bonds is 5. The van der Waals surface area contributed by atoms with Crippen LogP contribution in [0.4, 0.5) is 10.1 Å². The molecule has 6 nitrogen and oxygen atoms in total. The van der Waals surface area contributed by atoms with Crippen LogP contribution < -0.4 is 0 Å². The van der Waals surface area contributed by atoms with Crippen LogP contribution in [0, 0.1) is 15.9 Å². The first kappa shape index (κ1) is 15.8. The first-order chi connectivity index (χ1) is 10.3. The van der Waals surface area contributed by atoms with Crippen LogP contribution in [0.3, 0.4) is 0 Å². The summed E-state index contributed by atoms with van der Waals surface area (Å²) in [6.07, 6.45) is 0. The first-order valence-electron chi connectivity index (χ1n) is 6.06. The highest BCUT2D eigenvalue weighted by Crippen LogP contribution is 2.18. The van der Waals surface area contributed by atoms with Crippen molar-refractivity contribution in [3.63, 3.8) is 0 Å². The van der Waals surface area contributed by atoms with E-state index in [2.05, 4.69) is 0 Å². The third kappa shape index (κ3) is 3.34. The van der Waals surface area contributed by atoms with Crippen molar-refractivity contribution in [2.24, 2.45) is 0 Å². The van der Waals surface area contributed by atoms with E-state index in [1.54, 1.807) is 0 Å². The van der Waals surface area contributed by atoms with Crippen molar-refractivity contribution in [2.45, 2.75) is 4.90 Å². The summed E-state index contributed by atoms with van der Waals surface area (Å²) in [6.45, 7) is 0. The summed E-state index contributed by atoms with van der Waals surface area (Å²) >= 11 is 0. The zero-order chi connectivity index (χ0) is 16.3. The van der Waals surface area contributed by atoms with E-state index in [1.165, 1.54) is 18.2 Å². The molecule has 0 bridgehead atoms. The van der Waals surface area contributed by atoms with Crippen LogP contribution in [0.2, 0.25) is 0 Å². The molecule has 0 fully saturated rings. The Labute approximate surface area is 125 Å². The molecular weight excluding hydrogens is 313 g/mol. The number of hydrogen-bond acceptors (Lipinski definition) is 5. The number of non-ortho nitro benzene ring substituents is 1. The molecule has 0 unspecified atom stereocenters. The average Bonchev–Trinajstić information content (AvgIpc) is 2.47. The summed E-state index contributed by atoms with van der Waals surface area (Å²) in [5, 5.41) is 10.5. The molecule has 0 aromatic heterocycles. The van der Waals surface area contributed by atoms with Crippen molar-refractivity contribution in [3.8, 4) is 0 Å². The second kappa shape index (κ2) is 6.02. The maximum absolute atomic E-state index is 13.5. The fourth-order valence-corrected chi connectivity index (χ4v) is 3.01. The molecule has 2 aromatic rings. The molecule has 0 heterocycles. The molecule has 0 saturated carbocycles. The summed E-state index contributed by atoms with van der Waals surface area (Å²) in [5.41, 5.74) is -0.577. The summed E-state index contributed by atoms with van der Waals surface area (Å²) in [6, 6.07) is 9.21. The molecule has 0 aliphatic carbocycles. The fourth-order valence-electron chi connectivity index (χ4n) is 1.80. The lowest BCUT2D eigenvalue weighted by molar-refractivity contribution is -0.384. The van der Waals surface area contributed by atoms with E-state index in [4.69, 9.17) is 0 Å². The van der Waals surface area contributed by atoms with Gasteiger partial charge in [0, 0.05) is 12.1 Å². The van der Waals surface area contributed by atoms with Crippen molar-refractivity contribution >= 4 is 21.3 Å². The molecule has 0 radical (unpaired) electrons. The third-order valence-corrected chi connectivity index (χ3v) is 4.53. The van der Waals surface area contributed by atoms with Crippen LogP contribution in [0.25, 0.3) is 0 Å². The van der Waals surface area contributed by atoms with Crippen molar-refractivity contribution in [2.75, 3.05) is 5.75 Å². The summed E-state index contributed by atoms with van der Waals surface area (Å²) < 4.78 is 37.7. The minimum absolute atomic E-state index is 0.234. The van der Waals surface area contributed by atoms with Gasteiger partial charge in [-0.15, -0.1) is 0 Å². The number of carbonyl (C=O) groups excluding carboxylic acids is 1. The molecule has 0 N–H and O–H groups in total. The minimum atomic E-state index is -4.01. The topological polar surface area (TPSA) is 94.3 Å². The van der Waals surface area contributed by atoms with Crippen molar-refractivity contribution in [1.82, 2.24) is 0 Å². The first-order valence-corrected chi connectivity index (χ1v) is 7.71. The summed E-state index contributed by atoms with van der Waals surface area (Å²) in [4.78, 5) is 21.5. The molecule has 0 atom stereocenters. The molecule has 2 aromatic carbocycles. The second-order valence-electron chi connectivity index (χ2n) is 4.41. The Hall–Kier alpha value is -2.61. The Morgan fingerprint density at radius 2 is 1.68 bits per heavy atom. The van der Waals surface area contributed by atoms with Gasteiger partial charge in [0.05, 0.1) is 15.4 Å². The SMILES string of the molecule is O=C(CS(=O)(=O)c1ccc([N+](=O)[O-])cc1)c1ccccc1F. The number of hydrogen-bond donors (Lipinski definition) is 0. The Bertz CT molecular complexity index is 831. The molecule has 8 heteroatoms.